The first-order chi connectivity index (χ1) is 13.2. The minimum absolute atomic E-state index is 0.0859. The van der Waals surface area contributed by atoms with Gasteiger partial charge in [-0.05, 0) is 42.9 Å². The van der Waals surface area contributed by atoms with Crippen molar-refractivity contribution < 1.29 is 14.7 Å². The molecule has 0 saturated carbocycles. The summed E-state index contributed by atoms with van der Waals surface area (Å²) in [5.41, 5.74) is 10.2. The maximum Gasteiger partial charge on any atom is 0.307 e. The molecule has 1 aliphatic heterocycles. The Morgan fingerprint density at radius 3 is 2.54 bits per heavy atom. The summed E-state index contributed by atoms with van der Waals surface area (Å²) in [6, 6.07) is 7.11. The molecule has 1 fully saturated rings. The Morgan fingerprint density at radius 1 is 1.25 bits per heavy atom. The first-order valence-corrected chi connectivity index (χ1v) is 9.53. The van der Waals surface area contributed by atoms with Crippen molar-refractivity contribution in [2.75, 3.05) is 18.0 Å². The highest BCUT2D eigenvalue weighted by atomic mass is 16.4. The van der Waals surface area contributed by atoms with Gasteiger partial charge >= 0.3 is 5.97 Å². The monoisotopic (exact) mass is 381 g/mol. The molecule has 0 unspecified atom stereocenters. The van der Waals surface area contributed by atoms with Gasteiger partial charge in [-0.25, -0.2) is 0 Å². The quantitative estimate of drug-likeness (QED) is 0.827. The fourth-order valence-corrected chi connectivity index (χ4v) is 3.75. The number of aliphatic carboxylic acids is 1. The van der Waals surface area contributed by atoms with E-state index >= 15 is 0 Å². The molecule has 3 N–H and O–H groups in total. The Bertz CT molecular complexity index is 911. The lowest BCUT2D eigenvalue weighted by molar-refractivity contribution is -0.136. The molecule has 0 atom stereocenters. The zero-order chi connectivity index (χ0) is 20.5. The molecule has 1 aromatic heterocycles. The summed E-state index contributed by atoms with van der Waals surface area (Å²) in [7, 11) is 0. The van der Waals surface area contributed by atoms with Crippen molar-refractivity contribution >= 4 is 17.6 Å². The number of nitrogens with zero attached hydrogens (tertiary/aromatic N) is 2. The Morgan fingerprint density at radius 2 is 1.93 bits per heavy atom. The average Bonchev–Trinajstić information content (AvgIpc) is 2.63. The van der Waals surface area contributed by atoms with Gasteiger partial charge in [-0.2, -0.15) is 0 Å². The molecule has 28 heavy (non-hydrogen) atoms. The maximum absolute atomic E-state index is 11.6. The Labute approximate surface area is 165 Å². The van der Waals surface area contributed by atoms with E-state index in [-0.39, 0.29) is 11.8 Å². The van der Waals surface area contributed by atoms with Crippen LogP contribution in [0.1, 0.15) is 48.3 Å². The van der Waals surface area contributed by atoms with Gasteiger partial charge in [0.05, 0.1) is 12.1 Å². The van der Waals surface area contributed by atoms with Gasteiger partial charge in [0.1, 0.15) is 0 Å². The van der Waals surface area contributed by atoms with Gasteiger partial charge < -0.3 is 15.7 Å². The molecule has 2 heterocycles. The fourth-order valence-electron chi connectivity index (χ4n) is 3.75. The van der Waals surface area contributed by atoms with Gasteiger partial charge in [-0.1, -0.05) is 26.0 Å². The number of anilines is 1. The molecule has 0 aliphatic carbocycles. The van der Waals surface area contributed by atoms with Crippen LogP contribution in [-0.2, 0) is 11.2 Å². The van der Waals surface area contributed by atoms with Crippen molar-refractivity contribution in [1.82, 2.24) is 4.98 Å². The second-order valence-electron chi connectivity index (χ2n) is 8.25. The molecule has 1 amide bonds. The molecule has 6 nitrogen and oxygen atoms in total. The first kappa shape index (κ1) is 19.9. The number of piperidine rings is 1. The number of carbonyl (C=O) groups excluding carboxylic acids is 1. The van der Waals surface area contributed by atoms with Crippen LogP contribution in [0.25, 0.3) is 11.1 Å². The van der Waals surface area contributed by atoms with Crippen molar-refractivity contribution in [3.63, 3.8) is 0 Å². The lowest BCUT2D eigenvalue weighted by Crippen LogP contribution is -2.38. The topological polar surface area (TPSA) is 96.5 Å². The van der Waals surface area contributed by atoms with Crippen LogP contribution in [0.4, 0.5) is 5.69 Å². The first-order valence-electron chi connectivity index (χ1n) is 9.53. The van der Waals surface area contributed by atoms with E-state index in [1.807, 2.05) is 13.0 Å². The molecule has 1 aliphatic rings. The van der Waals surface area contributed by atoms with Crippen LogP contribution in [0.15, 0.2) is 30.5 Å². The van der Waals surface area contributed by atoms with Crippen LogP contribution in [0.5, 0.6) is 0 Å². The number of pyridine rings is 1. The molecule has 6 heteroatoms. The van der Waals surface area contributed by atoms with Crippen LogP contribution >= 0.6 is 0 Å². The number of carboxylic acid groups (broad SMARTS) is 1. The number of aryl methyl sites for hydroxylation is 1. The number of benzene rings is 1. The zero-order valence-corrected chi connectivity index (χ0v) is 16.7. The highest BCUT2D eigenvalue weighted by Crippen LogP contribution is 2.39. The second-order valence-corrected chi connectivity index (χ2v) is 8.25. The maximum atomic E-state index is 11.6. The molecule has 0 radical (unpaired) electrons. The van der Waals surface area contributed by atoms with E-state index in [2.05, 4.69) is 23.7 Å². The number of aromatic nitrogens is 1. The van der Waals surface area contributed by atoms with Crippen molar-refractivity contribution in [3.8, 4) is 11.1 Å². The van der Waals surface area contributed by atoms with E-state index in [1.165, 1.54) is 0 Å². The third-order valence-electron chi connectivity index (χ3n) is 5.58. The number of hydrogen-bond acceptors (Lipinski definition) is 4. The lowest BCUT2D eigenvalue weighted by Gasteiger charge is -2.40. The van der Waals surface area contributed by atoms with Gasteiger partial charge in [0, 0.05) is 41.7 Å². The van der Waals surface area contributed by atoms with E-state index < -0.39 is 11.9 Å². The van der Waals surface area contributed by atoms with Crippen molar-refractivity contribution in [2.24, 2.45) is 11.1 Å². The van der Waals surface area contributed by atoms with E-state index in [9.17, 15) is 14.7 Å². The van der Waals surface area contributed by atoms with E-state index in [4.69, 9.17) is 5.73 Å². The summed E-state index contributed by atoms with van der Waals surface area (Å²) in [4.78, 5) is 29.9. The average molecular weight is 381 g/mol. The molecule has 3 rings (SSSR count). The standard InChI is InChI=1S/C22H27N3O3/c1-14-17(12-19(26)27)20(25-9-7-22(2,3)8-10-25)18(13-24-14)15-5-4-6-16(11-15)21(23)28/h4-6,11,13H,7-10,12H2,1-3H3,(H2,23,28)(H,26,27). The highest BCUT2D eigenvalue weighted by molar-refractivity contribution is 5.95. The van der Waals surface area contributed by atoms with Crippen LogP contribution in [-0.4, -0.2) is 35.1 Å². The zero-order valence-electron chi connectivity index (χ0n) is 16.7. The van der Waals surface area contributed by atoms with Gasteiger partial charge in [0.25, 0.3) is 0 Å². The third kappa shape index (κ3) is 4.16. The molecule has 0 bridgehead atoms. The predicted octanol–water partition coefficient (Wildman–Crippen LogP) is 3.41. The van der Waals surface area contributed by atoms with Crippen molar-refractivity contribution in [1.29, 1.82) is 0 Å². The van der Waals surface area contributed by atoms with Gasteiger partial charge in [-0.3, -0.25) is 14.6 Å². The molecular formula is C22H27N3O3. The van der Waals surface area contributed by atoms with Crippen LogP contribution in [0.3, 0.4) is 0 Å². The fraction of sp³-hybridized carbons (Fsp3) is 0.409. The summed E-state index contributed by atoms with van der Waals surface area (Å²) in [5.74, 6) is -1.37. The van der Waals surface area contributed by atoms with Gasteiger partial charge in [0.15, 0.2) is 0 Å². The van der Waals surface area contributed by atoms with Crippen LogP contribution in [0, 0.1) is 12.3 Å². The molecule has 148 valence electrons. The van der Waals surface area contributed by atoms with E-state index in [1.54, 1.807) is 24.4 Å². The summed E-state index contributed by atoms with van der Waals surface area (Å²) in [6.45, 7) is 8.07. The molecule has 0 spiro atoms. The molecular weight excluding hydrogens is 354 g/mol. The summed E-state index contributed by atoms with van der Waals surface area (Å²) in [6.07, 6.45) is 3.75. The molecule has 1 saturated heterocycles. The summed E-state index contributed by atoms with van der Waals surface area (Å²) in [5, 5.41) is 9.47. The minimum atomic E-state index is -0.883. The van der Waals surface area contributed by atoms with E-state index in [0.717, 1.165) is 54.0 Å². The number of amides is 1. The summed E-state index contributed by atoms with van der Waals surface area (Å²) < 4.78 is 0. The number of carbonyl (C=O) groups is 2. The third-order valence-corrected chi connectivity index (χ3v) is 5.58. The largest absolute Gasteiger partial charge is 0.481 e. The van der Waals surface area contributed by atoms with Crippen LogP contribution in [0.2, 0.25) is 0 Å². The number of carboxylic acids is 1. The lowest BCUT2D eigenvalue weighted by atomic mass is 9.82. The van der Waals surface area contributed by atoms with Crippen molar-refractivity contribution in [2.45, 2.75) is 40.0 Å². The Balaban J connectivity index is 2.16. The molecule has 2 aromatic rings. The number of rotatable bonds is 5. The normalized spacial score (nSPS) is 16.0. The summed E-state index contributed by atoms with van der Waals surface area (Å²) >= 11 is 0. The van der Waals surface area contributed by atoms with Gasteiger partial charge in [-0.15, -0.1) is 0 Å². The number of primary amides is 1. The minimum Gasteiger partial charge on any atom is -0.481 e. The highest BCUT2D eigenvalue weighted by Gasteiger charge is 2.29. The number of hydrogen-bond donors (Lipinski definition) is 2. The van der Waals surface area contributed by atoms with Crippen molar-refractivity contribution in [3.05, 3.63) is 47.3 Å². The van der Waals surface area contributed by atoms with E-state index in [0.29, 0.717) is 5.56 Å². The number of nitrogens with two attached hydrogens (primary N) is 1. The van der Waals surface area contributed by atoms with Gasteiger partial charge in [0.2, 0.25) is 5.91 Å². The predicted molar refractivity (Wildman–Crippen MR) is 109 cm³/mol. The van der Waals surface area contributed by atoms with Crippen LogP contribution < -0.4 is 10.6 Å². The Kier molecular flexibility index (Phi) is 5.40. The molecule has 1 aromatic carbocycles. The Hall–Kier alpha value is -2.89. The smallest absolute Gasteiger partial charge is 0.307 e. The second kappa shape index (κ2) is 7.62. The SMILES string of the molecule is Cc1ncc(-c2cccc(C(N)=O)c2)c(N2CCC(C)(C)CC2)c1CC(=O)O.